The molecular weight excluding hydrogens is 276 g/mol. The average molecular weight is 292 g/mol. The molecule has 3 rings (SSSR count). The van der Waals surface area contributed by atoms with Crippen LogP contribution >= 0.6 is 0 Å². The van der Waals surface area contributed by atoms with Crippen LogP contribution in [0.25, 0.3) is 21.9 Å². The molecule has 0 amide bonds. The zero-order valence-corrected chi connectivity index (χ0v) is 12.2. The molecule has 0 aliphatic heterocycles. The van der Waals surface area contributed by atoms with Crippen molar-refractivity contribution in [3.8, 4) is 16.9 Å². The van der Waals surface area contributed by atoms with Gasteiger partial charge in [-0.05, 0) is 39.6 Å². The van der Waals surface area contributed by atoms with E-state index < -0.39 is 5.97 Å². The molecule has 3 heteroatoms. The molecule has 0 saturated carbocycles. The standard InChI is InChI=1S/C19H16O3/c1-22-15-6-4-5-13(11-15)17-10-9-14(12-19(20)21)16-7-2-3-8-18(16)17/h2-11H,12H2,1H3,(H,20,21). The monoisotopic (exact) mass is 292 g/mol. The number of aliphatic carboxylic acids is 1. The molecule has 0 atom stereocenters. The van der Waals surface area contributed by atoms with Crippen molar-refractivity contribution in [1.82, 2.24) is 0 Å². The molecule has 3 nitrogen and oxygen atoms in total. The van der Waals surface area contributed by atoms with Crippen molar-refractivity contribution in [3.05, 3.63) is 66.2 Å². The van der Waals surface area contributed by atoms with E-state index in [1.807, 2.05) is 60.7 Å². The second kappa shape index (κ2) is 5.90. The van der Waals surface area contributed by atoms with Crippen molar-refractivity contribution in [2.75, 3.05) is 7.11 Å². The Labute approximate surface area is 128 Å². The highest BCUT2D eigenvalue weighted by molar-refractivity contribution is 5.99. The van der Waals surface area contributed by atoms with Gasteiger partial charge in [-0.3, -0.25) is 4.79 Å². The lowest BCUT2D eigenvalue weighted by Gasteiger charge is -2.11. The Morgan fingerprint density at radius 3 is 2.50 bits per heavy atom. The van der Waals surface area contributed by atoms with Crippen LogP contribution < -0.4 is 4.74 Å². The van der Waals surface area contributed by atoms with Gasteiger partial charge in [-0.1, -0.05) is 48.5 Å². The summed E-state index contributed by atoms with van der Waals surface area (Å²) in [5.74, 6) is -0.0181. The Morgan fingerprint density at radius 1 is 1.00 bits per heavy atom. The van der Waals surface area contributed by atoms with E-state index in [-0.39, 0.29) is 6.42 Å². The van der Waals surface area contributed by atoms with E-state index in [1.165, 1.54) is 0 Å². The molecule has 0 radical (unpaired) electrons. The molecule has 110 valence electrons. The number of rotatable bonds is 4. The Morgan fingerprint density at radius 2 is 1.77 bits per heavy atom. The van der Waals surface area contributed by atoms with Crippen molar-refractivity contribution >= 4 is 16.7 Å². The summed E-state index contributed by atoms with van der Waals surface area (Å²) in [6, 6.07) is 19.6. The van der Waals surface area contributed by atoms with Gasteiger partial charge in [0.2, 0.25) is 0 Å². The number of fused-ring (bicyclic) bond motifs is 1. The first-order chi connectivity index (χ1) is 10.7. The van der Waals surface area contributed by atoms with E-state index in [0.717, 1.165) is 33.2 Å². The molecule has 0 aromatic heterocycles. The number of carboxylic acid groups (broad SMARTS) is 1. The van der Waals surface area contributed by atoms with Gasteiger partial charge < -0.3 is 9.84 Å². The fourth-order valence-electron chi connectivity index (χ4n) is 2.72. The maximum absolute atomic E-state index is 11.0. The average Bonchev–Trinajstić information content (AvgIpc) is 2.55. The molecule has 0 unspecified atom stereocenters. The molecule has 0 saturated heterocycles. The van der Waals surface area contributed by atoms with E-state index in [1.54, 1.807) is 7.11 Å². The minimum atomic E-state index is -0.820. The van der Waals surface area contributed by atoms with Crippen molar-refractivity contribution < 1.29 is 14.6 Å². The van der Waals surface area contributed by atoms with Gasteiger partial charge in [0.25, 0.3) is 0 Å². The summed E-state index contributed by atoms with van der Waals surface area (Å²) in [5, 5.41) is 11.1. The van der Waals surface area contributed by atoms with Gasteiger partial charge in [-0.2, -0.15) is 0 Å². The highest BCUT2D eigenvalue weighted by Gasteiger charge is 2.10. The molecule has 0 heterocycles. The predicted octanol–water partition coefficient (Wildman–Crippen LogP) is 4.14. The fourth-order valence-corrected chi connectivity index (χ4v) is 2.72. The summed E-state index contributed by atoms with van der Waals surface area (Å²) in [6.45, 7) is 0. The van der Waals surface area contributed by atoms with Crippen molar-refractivity contribution in [2.24, 2.45) is 0 Å². The molecule has 22 heavy (non-hydrogen) atoms. The van der Waals surface area contributed by atoms with Crippen LogP contribution in [0.5, 0.6) is 5.75 Å². The van der Waals surface area contributed by atoms with Gasteiger partial charge >= 0.3 is 5.97 Å². The molecule has 1 N–H and O–H groups in total. The normalized spacial score (nSPS) is 10.6. The number of carboxylic acids is 1. The van der Waals surface area contributed by atoms with Crippen LogP contribution in [0.2, 0.25) is 0 Å². The highest BCUT2D eigenvalue weighted by Crippen LogP contribution is 2.32. The van der Waals surface area contributed by atoms with Crippen molar-refractivity contribution in [2.45, 2.75) is 6.42 Å². The molecule has 3 aromatic rings. The lowest BCUT2D eigenvalue weighted by molar-refractivity contribution is -0.136. The van der Waals surface area contributed by atoms with E-state index in [4.69, 9.17) is 9.84 Å². The molecular formula is C19H16O3. The number of carbonyl (C=O) groups is 1. The van der Waals surface area contributed by atoms with Crippen LogP contribution in [0.15, 0.2) is 60.7 Å². The largest absolute Gasteiger partial charge is 0.497 e. The van der Waals surface area contributed by atoms with Crippen LogP contribution in [0.4, 0.5) is 0 Å². The van der Waals surface area contributed by atoms with Gasteiger partial charge in [0.1, 0.15) is 5.75 Å². The van der Waals surface area contributed by atoms with Crippen LogP contribution in [0.1, 0.15) is 5.56 Å². The Bertz CT molecular complexity index is 837. The van der Waals surface area contributed by atoms with Gasteiger partial charge in [0.05, 0.1) is 13.5 Å². The van der Waals surface area contributed by atoms with Crippen LogP contribution in [-0.2, 0) is 11.2 Å². The third kappa shape index (κ3) is 2.66. The number of hydrogen-bond donors (Lipinski definition) is 1. The summed E-state index contributed by atoms with van der Waals surface area (Å²) in [4.78, 5) is 11.0. The summed E-state index contributed by atoms with van der Waals surface area (Å²) in [6.07, 6.45) is 0.0267. The molecule has 3 aromatic carbocycles. The second-order valence-electron chi connectivity index (χ2n) is 5.12. The molecule has 0 aliphatic rings. The lowest BCUT2D eigenvalue weighted by Crippen LogP contribution is -2.01. The van der Waals surface area contributed by atoms with Crippen LogP contribution in [0, 0.1) is 0 Å². The first kappa shape index (κ1) is 14.1. The summed E-state index contributed by atoms with van der Waals surface area (Å²) >= 11 is 0. The SMILES string of the molecule is COc1cccc(-c2ccc(CC(=O)O)c3ccccc23)c1. The van der Waals surface area contributed by atoms with E-state index in [0.29, 0.717) is 0 Å². The maximum atomic E-state index is 11.0. The van der Waals surface area contributed by atoms with E-state index >= 15 is 0 Å². The number of hydrogen-bond acceptors (Lipinski definition) is 2. The van der Waals surface area contributed by atoms with Gasteiger partial charge in [0.15, 0.2) is 0 Å². The topological polar surface area (TPSA) is 46.5 Å². The van der Waals surface area contributed by atoms with Crippen molar-refractivity contribution in [1.29, 1.82) is 0 Å². The third-order valence-electron chi connectivity index (χ3n) is 3.74. The zero-order chi connectivity index (χ0) is 15.5. The Hall–Kier alpha value is -2.81. The van der Waals surface area contributed by atoms with Crippen LogP contribution in [0.3, 0.4) is 0 Å². The smallest absolute Gasteiger partial charge is 0.307 e. The minimum Gasteiger partial charge on any atom is -0.497 e. The summed E-state index contributed by atoms with van der Waals surface area (Å²) in [5.41, 5.74) is 2.95. The van der Waals surface area contributed by atoms with E-state index in [9.17, 15) is 4.79 Å². The zero-order valence-electron chi connectivity index (χ0n) is 12.2. The summed E-state index contributed by atoms with van der Waals surface area (Å²) < 4.78 is 5.29. The number of ether oxygens (including phenoxy) is 1. The lowest BCUT2D eigenvalue weighted by atomic mass is 9.94. The fraction of sp³-hybridized carbons (Fsp3) is 0.105. The van der Waals surface area contributed by atoms with Crippen molar-refractivity contribution in [3.63, 3.8) is 0 Å². The predicted molar refractivity (Wildman–Crippen MR) is 87.3 cm³/mol. The molecule has 0 spiro atoms. The summed E-state index contributed by atoms with van der Waals surface area (Å²) in [7, 11) is 1.65. The number of benzene rings is 3. The highest BCUT2D eigenvalue weighted by atomic mass is 16.5. The minimum absolute atomic E-state index is 0.0267. The Kier molecular flexibility index (Phi) is 3.79. The number of methoxy groups -OCH3 is 1. The Balaban J connectivity index is 2.21. The van der Waals surface area contributed by atoms with Crippen LogP contribution in [-0.4, -0.2) is 18.2 Å². The maximum Gasteiger partial charge on any atom is 0.307 e. The quantitative estimate of drug-likeness (QED) is 0.786. The molecule has 0 bridgehead atoms. The first-order valence-electron chi connectivity index (χ1n) is 7.06. The second-order valence-corrected chi connectivity index (χ2v) is 5.12. The first-order valence-corrected chi connectivity index (χ1v) is 7.06. The van der Waals surface area contributed by atoms with Gasteiger partial charge in [-0.25, -0.2) is 0 Å². The van der Waals surface area contributed by atoms with Gasteiger partial charge in [0, 0.05) is 0 Å². The molecule has 0 fully saturated rings. The third-order valence-corrected chi connectivity index (χ3v) is 3.74. The molecule has 0 aliphatic carbocycles. The van der Waals surface area contributed by atoms with Gasteiger partial charge in [-0.15, -0.1) is 0 Å². The van der Waals surface area contributed by atoms with E-state index in [2.05, 4.69) is 0 Å².